The molecule has 3 aromatic rings. The van der Waals surface area contributed by atoms with Gasteiger partial charge in [-0.1, -0.05) is 18.2 Å². The van der Waals surface area contributed by atoms with Crippen LogP contribution in [0, 0.1) is 0 Å². The lowest BCUT2D eigenvalue weighted by molar-refractivity contribution is 0.100. The molecule has 0 spiro atoms. The van der Waals surface area contributed by atoms with Gasteiger partial charge in [0.15, 0.2) is 0 Å². The number of pyridine rings is 1. The molecule has 0 radical (unpaired) electrons. The van der Waals surface area contributed by atoms with Crippen LogP contribution in [-0.4, -0.2) is 53.7 Å². The van der Waals surface area contributed by atoms with Crippen LogP contribution in [0.2, 0.25) is 0 Å². The molecule has 1 aliphatic rings. The Kier molecular flexibility index (Phi) is 7.49. The van der Waals surface area contributed by atoms with Gasteiger partial charge in [-0.2, -0.15) is 0 Å². The highest BCUT2D eigenvalue weighted by Crippen LogP contribution is 2.35. The van der Waals surface area contributed by atoms with E-state index in [1.807, 2.05) is 42.2 Å². The molecule has 1 aromatic heterocycles. The number of rotatable bonds is 10. The minimum absolute atomic E-state index is 0.116. The number of carbonyl (C=O) groups is 1. The first-order chi connectivity index (χ1) is 16.5. The van der Waals surface area contributed by atoms with E-state index in [-0.39, 0.29) is 11.3 Å². The molecule has 1 fully saturated rings. The second kappa shape index (κ2) is 10.9. The third-order valence-corrected chi connectivity index (χ3v) is 5.91. The minimum atomic E-state index is -0.587. The number of ether oxygens (including phenoxy) is 1. The molecule has 8 heteroatoms. The van der Waals surface area contributed by atoms with Gasteiger partial charge in [-0.15, -0.1) is 0 Å². The average Bonchev–Trinajstić information content (AvgIpc) is 3.35. The molecule has 4 N–H and O–H groups in total. The van der Waals surface area contributed by atoms with Crippen molar-refractivity contribution >= 4 is 28.8 Å². The number of phenols is 1. The lowest BCUT2D eigenvalue weighted by Gasteiger charge is -2.26. The summed E-state index contributed by atoms with van der Waals surface area (Å²) in [5.41, 5.74) is 7.86. The van der Waals surface area contributed by atoms with Crippen molar-refractivity contribution in [3.05, 3.63) is 66.4 Å². The first-order valence-corrected chi connectivity index (χ1v) is 11.6. The number of primary amides is 1. The highest BCUT2D eigenvalue weighted by Gasteiger charge is 2.19. The fourth-order valence-corrected chi connectivity index (χ4v) is 4.20. The molecule has 1 amide bonds. The van der Waals surface area contributed by atoms with Crippen LogP contribution < -0.4 is 20.7 Å². The van der Waals surface area contributed by atoms with Crippen molar-refractivity contribution in [3.8, 4) is 11.5 Å². The Hall–Kier alpha value is -3.78. The maximum atomic E-state index is 12.1. The van der Waals surface area contributed by atoms with Crippen LogP contribution in [0.25, 0.3) is 0 Å². The Labute approximate surface area is 200 Å². The van der Waals surface area contributed by atoms with E-state index in [2.05, 4.69) is 15.2 Å². The van der Waals surface area contributed by atoms with Gasteiger partial charge in [-0.3, -0.25) is 9.69 Å². The average molecular weight is 462 g/mol. The molecule has 0 atom stereocenters. The monoisotopic (exact) mass is 461 g/mol. The predicted octanol–water partition coefficient (Wildman–Crippen LogP) is 4.26. The van der Waals surface area contributed by atoms with Crippen molar-refractivity contribution in [1.29, 1.82) is 0 Å². The first-order valence-electron chi connectivity index (χ1n) is 11.6. The molecular weight excluding hydrogens is 430 g/mol. The van der Waals surface area contributed by atoms with E-state index < -0.39 is 5.91 Å². The van der Waals surface area contributed by atoms with Gasteiger partial charge < -0.3 is 25.8 Å². The molecule has 1 aliphatic heterocycles. The number of aromatic nitrogens is 1. The van der Waals surface area contributed by atoms with E-state index in [0.29, 0.717) is 30.3 Å². The van der Waals surface area contributed by atoms with E-state index in [4.69, 9.17) is 10.5 Å². The Morgan fingerprint density at radius 1 is 1.15 bits per heavy atom. The fourth-order valence-electron chi connectivity index (χ4n) is 4.20. The van der Waals surface area contributed by atoms with E-state index >= 15 is 0 Å². The summed E-state index contributed by atoms with van der Waals surface area (Å²) < 4.78 is 5.95. The normalized spacial score (nSPS) is 13.6. The maximum absolute atomic E-state index is 12.1. The molecule has 4 rings (SSSR count). The molecule has 0 aliphatic carbocycles. The number of anilines is 4. The summed E-state index contributed by atoms with van der Waals surface area (Å²) in [5.74, 6) is 0.854. The predicted molar refractivity (Wildman–Crippen MR) is 134 cm³/mol. The lowest BCUT2D eigenvalue weighted by atomic mass is 10.1. The number of likely N-dealkylation sites (tertiary alicyclic amines) is 1. The third-order valence-electron chi connectivity index (χ3n) is 5.91. The Balaban J connectivity index is 1.53. The van der Waals surface area contributed by atoms with Gasteiger partial charge >= 0.3 is 0 Å². The van der Waals surface area contributed by atoms with Crippen LogP contribution in [0.5, 0.6) is 11.5 Å². The lowest BCUT2D eigenvalue weighted by Crippen LogP contribution is -2.25. The summed E-state index contributed by atoms with van der Waals surface area (Å²) in [6, 6.07) is 16.5. The molecule has 178 valence electrons. The van der Waals surface area contributed by atoms with Crippen LogP contribution in [0.4, 0.5) is 22.9 Å². The van der Waals surface area contributed by atoms with Gasteiger partial charge in [0.25, 0.3) is 5.91 Å². The standard InChI is InChI=1S/C26H31N5O3/c1-2-31(22-10-3-4-11-24(22)32)23-17-25(28-18-21(23)26(27)33)29-19-8-7-9-20(16-19)34-15-14-30-12-5-6-13-30/h3-4,7-11,16-18,32H,2,5-6,12-15H2,1H3,(H2,27,33)(H,28,29). The second-order valence-electron chi connectivity index (χ2n) is 8.23. The molecule has 1 saturated heterocycles. The van der Waals surface area contributed by atoms with Crippen molar-refractivity contribution in [2.75, 3.05) is 43.0 Å². The summed E-state index contributed by atoms with van der Waals surface area (Å²) in [4.78, 5) is 20.8. The zero-order valence-electron chi connectivity index (χ0n) is 19.4. The molecule has 0 saturated carbocycles. The third kappa shape index (κ3) is 5.58. The zero-order chi connectivity index (χ0) is 23.9. The molecule has 0 bridgehead atoms. The molecule has 8 nitrogen and oxygen atoms in total. The van der Waals surface area contributed by atoms with Gasteiger partial charge in [0.05, 0.1) is 16.9 Å². The van der Waals surface area contributed by atoms with Gasteiger partial charge in [-0.25, -0.2) is 4.98 Å². The van der Waals surface area contributed by atoms with Crippen molar-refractivity contribution in [3.63, 3.8) is 0 Å². The molecule has 34 heavy (non-hydrogen) atoms. The van der Waals surface area contributed by atoms with Gasteiger partial charge in [0, 0.05) is 37.1 Å². The van der Waals surface area contributed by atoms with Gasteiger partial charge in [0.1, 0.15) is 23.9 Å². The van der Waals surface area contributed by atoms with Crippen molar-refractivity contribution < 1.29 is 14.6 Å². The van der Waals surface area contributed by atoms with E-state index in [9.17, 15) is 9.90 Å². The van der Waals surface area contributed by atoms with Crippen molar-refractivity contribution in [1.82, 2.24) is 9.88 Å². The quantitative estimate of drug-likeness (QED) is 0.414. The SMILES string of the molecule is CCN(c1ccccc1O)c1cc(Nc2cccc(OCCN3CCCC3)c2)ncc1C(N)=O. The minimum Gasteiger partial charge on any atom is -0.506 e. The van der Waals surface area contributed by atoms with Crippen molar-refractivity contribution in [2.24, 2.45) is 5.73 Å². The van der Waals surface area contributed by atoms with E-state index in [0.717, 1.165) is 31.1 Å². The molecule has 2 heterocycles. The van der Waals surface area contributed by atoms with E-state index in [1.54, 1.807) is 24.3 Å². The number of hydrogen-bond acceptors (Lipinski definition) is 7. The number of para-hydroxylation sites is 2. The summed E-state index contributed by atoms with van der Waals surface area (Å²) in [5, 5.41) is 13.7. The number of carbonyl (C=O) groups excluding carboxylic acids is 1. The van der Waals surface area contributed by atoms with Crippen LogP contribution in [0.15, 0.2) is 60.8 Å². The number of nitrogens with zero attached hydrogens (tertiary/aromatic N) is 3. The Morgan fingerprint density at radius 2 is 1.94 bits per heavy atom. The first kappa shape index (κ1) is 23.4. The van der Waals surface area contributed by atoms with Crippen LogP contribution in [0.3, 0.4) is 0 Å². The smallest absolute Gasteiger partial charge is 0.252 e. The number of aromatic hydroxyl groups is 1. The number of phenolic OH excluding ortho intramolecular Hbond substituents is 1. The summed E-state index contributed by atoms with van der Waals surface area (Å²) in [7, 11) is 0. The molecule has 0 unspecified atom stereocenters. The largest absolute Gasteiger partial charge is 0.506 e. The highest BCUT2D eigenvalue weighted by molar-refractivity contribution is 6.00. The Morgan fingerprint density at radius 3 is 2.68 bits per heavy atom. The van der Waals surface area contributed by atoms with Crippen LogP contribution in [-0.2, 0) is 0 Å². The second-order valence-corrected chi connectivity index (χ2v) is 8.23. The van der Waals surface area contributed by atoms with Gasteiger partial charge in [-0.05, 0) is 57.1 Å². The highest BCUT2D eigenvalue weighted by atomic mass is 16.5. The number of nitrogens with two attached hydrogens (primary N) is 1. The topological polar surface area (TPSA) is 104 Å². The van der Waals surface area contributed by atoms with Crippen LogP contribution >= 0.6 is 0 Å². The van der Waals surface area contributed by atoms with Gasteiger partial charge in [0.2, 0.25) is 0 Å². The number of hydrogen-bond donors (Lipinski definition) is 3. The van der Waals surface area contributed by atoms with Crippen molar-refractivity contribution in [2.45, 2.75) is 19.8 Å². The van der Waals surface area contributed by atoms with E-state index in [1.165, 1.54) is 19.0 Å². The summed E-state index contributed by atoms with van der Waals surface area (Å²) >= 11 is 0. The maximum Gasteiger partial charge on any atom is 0.252 e. The molecule has 2 aromatic carbocycles. The number of benzene rings is 2. The Bertz CT molecular complexity index is 1130. The van der Waals surface area contributed by atoms with Crippen LogP contribution in [0.1, 0.15) is 30.1 Å². The fraction of sp³-hybridized carbons (Fsp3) is 0.308. The summed E-state index contributed by atoms with van der Waals surface area (Å²) in [6.45, 7) is 6.32. The number of amides is 1. The summed E-state index contributed by atoms with van der Waals surface area (Å²) in [6.07, 6.45) is 3.99. The number of nitrogens with one attached hydrogen (secondary N) is 1. The zero-order valence-corrected chi connectivity index (χ0v) is 19.4. The molecular formula is C26H31N5O3.